The van der Waals surface area contributed by atoms with Crippen molar-refractivity contribution in [2.45, 2.75) is 24.3 Å². The molecule has 1 aliphatic heterocycles. The van der Waals surface area contributed by atoms with Gasteiger partial charge in [-0.1, -0.05) is 29.8 Å². The molecule has 0 unspecified atom stereocenters. The molecule has 0 aromatic heterocycles. The van der Waals surface area contributed by atoms with Crippen LogP contribution in [0.3, 0.4) is 0 Å². The summed E-state index contributed by atoms with van der Waals surface area (Å²) in [5.41, 5.74) is 4.80. The predicted octanol–water partition coefficient (Wildman–Crippen LogP) is 3.03. The molecular weight excluding hydrogens is 276 g/mol. The van der Waals surface area contributed by atoms with Crippen molar-refractivity contribution in [3.8, 4) is 0 Å². The predicted molar refractivity (Wildman–Crippen MR) is 84.9 cm³/mol. The van der Waals surface area contributed by atoms with Crippen LogP contribution in [0.1, 0.15) is 24.5 Å². The van der Waals surface area contributed by atoms with Crippen molar-refractivity contribution in [1.29, 1.82) is 0 Å². The van der Waals surface area contributed by atoms with Crippen LogP contribution in [0.15, 0.2) is 29.4 Å². The lowest BCUT2D eigenvalue weighted by molar-refractivity contribution is -0.121. The molecule has 0 saturated carbocycles. The molecule has 102 valence electrons. The maximum atomic E-state index is 11.8. The quantitative estimate of drug-likeness (QED) is 0.685. The first-order chi connectivity index (χ1) is 9.07. The summed E-state index contributed by atoms with van der Waals surface area (Å²) in [5, 5.41) is 4.00. The van der Waals surface area contributed by atoms with Crippen LogP contribution in [0, 0.1) is 6.92 Å². The van der Waals surface area contributed by atoms with Crippen LogP contribution in [0.2, 0.25) is 0 Å². The fourth-order valence-electron chi connectivity index (χ4n) is 1.82. The van der Waals surface area contributed by atoms with Gasteiger partial charge in [-0.25, -0.2) is 5.43 Å². The largest absolute Gasteiger partial charge is 0.273 e. The van der Waals surface area contributed by atoms with Gasteiger partial charge in [0.25, 0.3) is 0 Å². The number of aryl methyl sites for hydroxylation is 1. The van der Waals surface area contributed by atoms with Gasteiger partial charge in [0.2, 0.25) is 5.91 Å². The number of hydrazone groups is 1. The normalized spacial score (nSPS) is 17.8. The second-order valence-corrected chi connectivity index (χ2v) is 8.17. The minimum atomic E-state index is -0.0206. The van der Waals surface area contributed by atoms with Crippen LogP contribution in [-0.4, -0.2) is 27.7 Å². The zero-order valence-electron chi connectivity index (χ0n) is 11.2. The molecule has 5 heteroatoms. The highest BCUT2D eigenvalue weighted by Crippen LogP contribution is 2.45. The van der Waals surface area contributed by atoms with Crippen molar-refractivity contribution >= 4 is 35.6 Å². The molecule has 1 aliphatic rings. The minimum Gasteiger partial charge on any atom is -0.273 e. The Morgan fingerprint density at radius 2 is 2.00 bits per heavy atom. The topological polar surface area (TPSA) is 41.5 Å². The van der Waals surface area contributed by atoms with E-state index in [1.165, 1.54) is 5.56 Å². The third-order valence-corrected chi connectivity index (χ3v) is 6.15. The van der Waals surface area contributed by atoms with E-state index in [0.717, 1.165) is 17.1 Å². The van der Waals surface area contributed by atoms with E-state index >= 15 is 0 Å². The number of benzene rings is 1. The highest BCUT2D eigenvalue weighted by atomic mass is 32.2. The van der Waals surface area contributed by atoms with E-state index in [0.29, 0.717) is 6.42 Å². The van der Waals surface area contributed by atoms with Crippen LogP contribution in [-0.2, 0) is 4.79 Å². The van der Waals surface area contributed by atoms with Gasteiger partial charge in [-0.3, -0.25) is 4.79 Å². The molecule has 1 aromatic rings. The number of carbonyl (C=O) groups excluding carboxylic acids is 1. The molecule has 2 rings (SSSR count). The number of thioether (sulfide) groups is 2. The number of carbonyl (C=O) groups is 1. The zero-order valence-corrected chi connectivity index (χ0v) is 12.8. The monoisotopic (exact) mass is 294 g/mol. The van der Waals surface area contributed by atoms with Crippen LogP contribution in [0.4, 0.5) is 0 Å². The molecule has 1 aromatic carbocycles. The fourth-order valence-corrected chi connectivity index (χ4v) is 4.65. The molecule has 1 N–H and O–H groups in total. The second kappa shape index (κ2) is 6.48. The highest BCUT2D eigenvalue weighted by Gasteiger charge is 2.32. The number of rotatable bonds is 4. The number of nitrogens with one attached hydrogen (secondary N) is 1. The van der Waals surface area contributed by atoms with E-state index in [1.54, 1.807) is 6.21 Å². The lowest BCUT2D eigenvalue weighted by Gasteiger charge is -2.19. The Hall–Kier alpha value is -0.940. The molecule has 0 aliphatic carbocycles. The summed E-state index contributed by atoms with van der Waals surface area (Å²) >= 11 is 3.71. The molecule has 3 nitrogen and oxygen atoms in total. The van der Waals surface area contributed by atoms with Crippen LogP contribution in [0.5, 0.6) is 0 Å². The highest BCUT2D eigenvalue weighted by molar-refractivity contribution is 8.21. The lowest BCUT2D eigenvalue weighted by atomic mass is 10.2. The average Bonchev–Trinajstić information content (AvgIpc) is 2.78. The Labute approximate surface area is 122 Å². The second-order valence-electron chi connectivity index (χ2n) is 4.71. The molecule has 19 heavy (non-hydrogen) atoms. The van der Waals surface area contributed by atoms with Gasteiger partial charge in [0, 0.05) is 11.5 Å². The van der Waals surface area contributed by atoms with Gasteiger partial charge in [0.15, 0.2) is 0 Å². The van der Waals surface area contributed by atoms with Crippen LogP contribution in [0.25, 0.3) is 0 Å². The molecule has 1 fully saturated rings. The summed E-state index contributed by atoms with van der Waals surface area (Å²) in [7, 11) is 0. The smallest absolute Gasteiger partial charge is 0.242 e. The molecule has 0 spiro atoms. The van der Waals surface area contributed by atoms with E-state index in [4.69, 9.17) is 0 Å². The van der Waals surface area contributed by atoms with Crippen molar-refractivity contribution in [1.82, 2.24) is 5.43 Å². The number of hydrogen-bond acceptors (Lipinski definition) is 4. The third kappa shape index (κ3) is 4.58. The van der Waals surface area contributed by atoms with Crippen molar-refractivity contribution in [3.63, 3.8) is 0 Å². The number of nitrogens with zero attached hydrogens (tertiary/aromatic N) is 1. The lowest BCUT2D eigenvalue weighted by Crippen LogP contribution is -2.26. The zero-order chi connectivity index (χ0) is 13.7. The minimum absolute atomic E-state index is 0.0173. The van der Waals surface area contributed by atoms with E-state index in [-0.39, 0.29) is 9.99 Å². The standard InChI is InChI=1S/C14H18N2OS2/c1-11-3-5-12(6-4-11)10-15-16-13(17)9-14(2)18-7-8-19-14/h3-6,10H,7-9H2,1-2H3,(H,16,17)/b15-10-. The fraction of sp³-hybridized carbons (Fsp3) is 0.429. The summed E-state index contributed by atoms with van der Waals surface area (Å²) in [4.78, 5) is 11.8. The van der Waals surface area contributed by atoms with Crippen molar-refractivity contribution in [3.05, 3.63) is 35.4 Å². The third-order valence-electron chi connectivity index (χ3n) is 2.86. The first kappa shape index (κ1) is 14.5. The van der Waals surface area contributed by atoms with Crippen molar-refractivity contribution < 1.29 is 4.79 Å². The van der Waals surface area contributed by atoms with Gasteiger partial charge in [0.05, 0.1) is 16.7 Å². The van der Waals surface area contributed by atoms with E-state index in [2.05, 4.69) is 17.5 Å². The molecule has 1 amide bonds. The Morgan fingerprint density at radius 1 is 1.37 bits per heavy atom. The van der Waals surface area contributed by atoms with Gasteiger partial charge in [-0.15, -0.1) is 23.5 Å². The Balaban J connectivity index is 1.81. The van der Waals surface area contributed by atoms with Crippen molar-refractivity contribution in [2.24, 2.45) is 5.10 Å². The number of hydrogen-bond donors (Lipinski definition) is 1. The van der Waals surface area contributed by atoms with Gasteiger partial charge in [-0.2, -0.15) is 5.10 Å². The molecule has 1 heterocycles. The van der Waals surface area contributed by atoms with Gasteiger partial charge in [0.1, 0.15) is 0 Å². The van der Waals surface area contributed by atoms with Crippen LogP contribution < -0.4 is 5.43 Å². The SMILES string of the molecule is Cc1ccc(/C=N\NC(=O)CC2(C)SCCS2)cc1. The maximum Gasteiger partial charge on any atom is 0.242 e. The first-order valence-corrected chi connectivity index (χ1v) is 8.21. The molecular formula is C14H18N2OS2. The first-order valence-electron chi connectivity index (χ1n) is 6.24. The summed E-state index contributed by atoms with van der Waals surface area (Å²) in [6, 6.07) is 8.01. The number of amides is 1. The molecule has 0 radical (unpaired) electrons. The molecule has 1 saturated heterocycles. The Morgan fingerprint density at radius 3 is 2.63 bits per heavy atom. The molecule has 0 bridgehead atoms. The van der Waals surface area contributed by atoms with Crippen LogP contribution >= 0.6 is 23.5 Å². The van der Waals surface area contributed by atoms with E-state index in [1.807, 2.05) is 54.7 Å². The van der Waals surface area contributed by atoms with E-state index < -0.39 is 0 Å². The van der Waals surface area contributed by atoms with Gasteiger partial charge < -0.3 is 0 Å². The Bertz CT molecular complexity index is 465. The Kier molecular flexibility index (Phi) is 4.93. The van der Waals surface area contributed by atoms with Crippen molar-refractivity contribution in [2.75, 3.05) is 11.5 Å². The van der Waals surface area contributed by atoms with Gasteiger partial charge >= 0.3 is 0 Å². The summed E-state index contributed by atoms with van der Waals surface area (Å²) in [6.45, 7) is 4.17. The van der Waals surface area contributed by atoms with Gasteiger partial charge in [-0.05, 0) is 19.4 Å². The molecule has 0 atom stereocenters. The summed E-state index contributed by atoms with van der Waals surface area (Å²) < 4.78 is 0.0173. The van der Waals surface area contributed by atoms with E-state index in [9.17, 15) is 4.79 Å². The summed E-state index contributed by atoms with van der Waals surface area (Å²) in [5.74, 6) is 2.23. The average molecular weight is 294 g/mol. The maximum absolute atomic E-state index is 11.8. The summed E-state index contributed by atoms with van der Waals surface area (Å²) in [6.07, 6.45) is 2.18.